The summed E-state index contributed by atoms with van der Waals surface area (Å²) in [6.07, 6.45) is 4.02. The lowest BCUT2D eigenvalue weighted by atomic mass is 9.98. The molecule has 0 amide bonds. The summed E-state index contributed by atoms with van der Waals surface area (Å²) in [6.45, 7) is 5.55. The molecule has 0 aromatic heterocycles. The molecule has 2 rings (SSSR count). The van der Waals surface area contributed by atoms with Crippen LogP contribution in [0.4, 0.5) is 0 Å². The van der Waals surface area contributed by atoms with Gasteiger partial charge in [-0.25, -0.2) is 12.7 Å². The first kappa shape index (κ1) is 22.6. The van der Waals surface area contributed by atoms with Gasteiger partial charge in [0.25, 0.3) is 0 Å². The van der Waals surface area contributed by atoms with Crippen LogP contribution in [0, 0.1) is 5.92 Å². The van der Waals surface area contributed by atoms with Crippen LogP contribution in [-0.2, 0) is 14.8 Å². The molecule has 1 fully saturated rings. The lowest BCUT2D eigenvalue weighted by Crippen LogP contribution is -2.44. The molecular formula is C20H34N4O3S. The van der Waals surface area contributed by atoms with E-state index in [2.05, 4.69) is 34.7 Å². The van der Waals surface area contributed by atoms with Crippen LogP contribution >= 0.6 is 0 Å². The second-order valence-corrected chi connectivity index (χ2v) is 9.25. The van der Waals surface area contributed by atoms with Gasteiger partial charge in [-0.15, -0.1) is 0 Å². The van der Waals surface area contributed by atoms with Crippen molar-refractivity contribution in [2.75, 3.05) is 46.1 Å². The minimum atomic E-state index is -3.06. The van der Waals surface area contributed by atoms with E-state index in [1.54, 1.807) is 11.4 Å². The first-order valence-corrected chi connectivity index (χ1v) is 11.8. The number of hydrogen-bond donors (Lipinski definition) is 2. The topological polar surface area (TPSA) is 83.0 Å². The van der Waals surface area contributed by atoms with E-state index < -0.39 is 10.0 Å². The SMILES string of the molecule is CN=C(NCCCOC(C)c1ccccc1)NCC1CCN(S(C)(=O)=O)CC1. The van der Waals surface area contributed by atoms with Crippen LogP contribution in [-0.4, -0.2) is 64.8 Å². The monoisotopic (exact) mass is 410 g/mol. The molecule has 0 bridgehead atoms. The number of ether oxygens (including phenoxy) is 1. The predicted molar refractivity (Wildman–Crippen MR) is 114 cm³/mol. The molecule has 158 valence electrons. The number of hydrogen-bond acceptors (Lipinski definition) is 4. The zero-order valence-electron chi connectivity index (χ0n) is 17.2. The van der Waals surface area contributed by atoms with Crippen LogP contribution in [0.3, 0.4) is 0 Å². The minimum Gasteiger partial charge on any atom is -0.374 e. The Balaban J connectivity index is 1.58. The maximum absolute atomic E-state index is 11.6. The second-order valence-electron chi connectivity index (χ2n) is 7.26. The number of nitrogens with zero attached hydrogens (tertiary/aromatic N) is 2. The zero-order valence-corrected chi connectivity index (χ0v) is 18.0. The Bertz CT molecular complexity index is 701. The Labute approximate surface area is 169 Å². The average molecular weight is 411 g/mol. The Hall–Kier alpha value is -1.64. The van der Waals surface area contributed by atoms with Crippen molar-refractivity contribution in [3.8, 4) is 0 Å². The largest absolute Gasteiger partial charge is 0.374 e. The van der Waals surface area contributed by atoms with E-state index in [4.69, 9.17) is 4.74 Å². The van der Waals surface area contributed by atoms with E-state index in [0.29, 0.717) is 25.6 Å². The van der Waals surface area contributed by atoms with Crippen molar-refractivity contribution in [3.63, 3.8) is 0 Å². The van der Waals surface area contributed by atoms with Crippen molar-refractivity contribution in [1.29, 1.82) is 0 Å². The second kappa shape index (κ2) is 11.4. The average Bonchev–Trinajstić information content (AvgIpc) is 2.70. The lowest BCUT2D eigenvalue weighted by molar-refractivity contribution is 0.0646. The summed E-state index contributed by atoms with van der Waals surface area (Å²) in [5.74, 6) is 1.24. The van der Waals surface area contributed by atoms with Crippen LogP contribution in [0.5, 0.6) is 0 Å². The lowest BCUT2D eigenvalue weighted by Gasteiger charge is -2.30. The van der Waals surface area contributed by atoms with Crippen LogP contribution in [0.15, 0.2) is 35.3 Å². The molecule has 8 heteroatoms. The summed E-state index contributed by atoms with van der Waals surface area (Å²) in [5, 5.41) is 6.66. The molecule has 1 aliphatic rings. The highest BCUT2D eigenvalue weighted by atomic mass is 32.2. The molecule has 0 radical (unpaired) electrons. The quantitative estimate of drug-likeness (QED) is 0.370. The Morgan fingerprint density at radius 1 is 1.25 bits per heavy atom. The maximum atomic E-state index is 11.6. The van der Waals surface area contributed by atoms with Crippen LogP contribution in [0.1, 0.15) is 37.9 Å². The van der Waals surface area contributed by atoms with Gasteiger partial charge in [-0.2, -0.15) is 0 Å². The first-order valence-electron chi connectivity index (χ1n) is 9.96. The van der Waals surface area contributed by atoms with Crippen molar-refractivity contribution in [3.05, 3.63) is 35.9 Å². The fourth-order valence-electron chi connectivity index (χ4n) is 3.27. The fourth-order valence-corrected chi connectivity index (χ4v) is 4.14. The number of guanidine groups is 1. The summed E-state index contributed by atoms with van der Waals surface area (Å²) in [4.78, 5) is 4.25. The van der Waals surface area contributed by atoms with Crippen molar-refractivity contribution >= 4 is 16.0 Å². The summed E-state index contributed by atoms with van der Waals surface area (Å²) < 4.78 is 30.6. The molecule has 1 unspecified atom stereocenters. The third-order valence-electron chi connectivity index (χ3n) is 5.07. The minimum absolute atomic E-state index is 0.0939. The zero-order chi connectivity index (χ0) is 20.4. The number of aliphatic imine (C=N–C) groups is 1. The third kappa shape index (κ3) is 7.77. The standard InChI is InChI=1S/C20H34N4O3S/c1-17(19-8-5-4-6-9-19)27-15-7-12-22-20(21-2)23-16-18-10-13-24(14-11-18)28(3,25)26/h4-6,8-9,17-18H,7,10-16H2,1-3H3,(H2,21,22,23). The first-order chi connectivity index (χ1) is 13.4. The highest BCUT2D eigenvalue weighted by molar-refractivity contribution is 7.88. The third-order valence-corrected chi connectivity index (χ3v) is 6.38. The smallest absolute Gasteiger partial charge is 0.211 e. The molecule has 2 N–H and O–H groups in total. The molecule has 1 aromatic carbocycles. The van der Waals surface area contributed by atoms with E-state index in [1.165, 1.54) is 11.8 Å². The molecule has 1 saturated heterocycles. The fraction of sp³-hybridized carbons (Fsp3) is 0.650. The number of sulfonamides is 1. The Morgan fingerprint density at radius 3 is 2.54 bits per heavy atom. The Kier molecular flexibility index (Phi) is 9.21. The van der Waals surface area contributed by atoms with Gasteiger partial charge in [0.15, 0.2) is 5.96 Å². The number of benzene rings is 1. The van der Waals surface area contributed by atoms with Crippen molar-refractivity contribution < 1.29 is 13.2 Å². The van der Waals surface area contributed by atoms with E-state index in [9.17, 15) is 8.42 Å². The van der Waals surface area contributed by atoms with E-state index >= 15 is 0 Å². The highest BCUT2D eigenvalue weighted by Gasteiger charge is 2.24. The summed E-state index contributed by atoms with van der Waals surface area (Å²) >= 11 is 0. The number of rotatable bonds is 9. The summed E-state index contributed by atoms with van der Waals surface area (Å²) in [6, 6.07) is 10.2. The summed E-state index contributed by atoms with van der Waals surface area (Å²) in [5.41, 5.74) is 1.19. The van der Waals surface area contributed by atoms with Gasteiger partial charge in [0, 0.05) is 39.8 Å². The van der Waals surface area contributed by atoms with Crippen molar-refractivity contribution in [2.24, 2.45) is 10.9 Å². The summed E-state index contributed by atoms with van der Waals surface area (Å²) in [7, 11) is -1.30. The van der Waals surface area contributed by atoms with Gasteiger partial charge in [-0.05, 0) is 37.7 Å². The molecule has 28 heavy (non-hydrogen) atoms. The molecule has 0 spiro atoms. The van der Waals surface area contributed by atoms with E-state index in [-0.39, 0.29) is 6.10 Å². The van der Waals surface area contributed by atoms with Crippen molar-refractivity contribution in [1.82, 2.24) is 14.9 Å². The molecule has 1 atom stereocenters. The maximum Gasteiger partial charge on any atom is 0.211 e. The van der Waals surface area contributed by atoms with E-state index in [1.807, 2.05) is 18.2 Å². The highest BCUT2D eigenvalue weighted by Crippen LogP contribution is 2.18. The van der Waals surface area contributed by atoms with Gasteiger partial charge in [0.05, 0.1) is 12.4 Å². The molecule has 0 saturated carbocycles. The predicted octanol–water partition coefficient (Wildman–Crippen LogP) is 1.99. The number of piperidine rings is 1. The van der Waals surface area contributed by atoms with Gasteiger partial charge in [-0.3, -0.25) is 4.99 Å². The van der Waals surface area contributed by atoms with Gasteiger partial charge in [0.2, 0.25) is 10.0 Å². The van der Waals surface area contributed by atoms with Gasteiger partial charge >= 0.3 is 0 Å². The van der Waals surface area contributed by atoms with Crippen molar-refractivity contribution in [2.45, 2.75) is 32.3 Å². The Morgan fingerprint density at radius 2 is 1.93 bits per heavy atom. The molecule has 1 aliphatic heterocycles. The van der Waals surface area contributed by atoms with Gasteiger partial charge in [0.1, 0.15) is 0 Å². The molecule has 0 aliphatic carbocycles. The van der Waals surface area contributed by atoms with Crippen LogP contribution < -0.4 is 10.6 Å². The van der Waals surface area contributed by atoms with Gasteiger partial charge < -0.3 is 15.4 Å². The normalized spacial score (nSPS) is 18.0. The van der Waals surface area contributed by atoms with Crippen LogP contribution in [0.2, 0.25) is 0 Å². The van der Waals surface area contributed by atoms with Gasteiger partial charge in [-0.1, -0.05) is 30.3 Å². The molecule has 1 heterocycles. The van der Waals surface area contributed by atoms with E-state index in [0.717, 1.165) is 38.3 Å². The van der Waals surface area contributed by atoms with Crippen LogP contribution in [0.25, 0.3) is 0 Å². The number of nitrogens with one attached hydrogen (secondary N) is 2. The molecular weight excluding hydrogens is 376 g/mol. The molecule has 7 nitrogen and oxygen atoms in total. The molecule has 1 aromatic rings.